The lowest BCUT2D eigenvalue weighted by Gasteiger charge is -2.16. The fourth-order valence-electron chi connectivity index (χ4n) is 3.00. The van der Waals surface area contributed by atoms with E-state index in [9.17, 15) is 14.7 Å². The average molecular weight is 328 g/mol. The van der Waals surface area contributed by atoms with Crippen molar-refractivity contribution in [2.24, 2.45) is 5.92 Å². The van der Waals surface area contributed by atoms with Gasteiger partial charge in [0.15, 0.2) is 0 Å². The molecule has 2 aromatic rings. The first kappa shape index (κ1) is 16.3. The number of hydrogen-bond donors (Lipinski definition) is 2. The molecule has 1 aliphatic rings. The maximum atomic E-state index is 12.5. The highest BCUT2D eigenvalue weighted by Crippen LogP contribution is 2.30. The van der Waals surface area contributed by atoms with Crippen molar-refractivity contribution in [1.82, 2.24) is 4.90 Å². The predicted molar refractivity (Wildman–Crippen MR) is 90.8 cm³/mol. The number of rotatable bonds is 5. The molecule has 2 N–H and O–H groups in total. The Morgan fingerprint density at radius 2 is 2.04 bits per heavy atom. The van der Waals surface area contributed by atoms with Gasteiger partial charge in [0.25, 0.3) is 0 Å². The smallest absolute Gasteiger partial charge is 0.229 e. The van der Waals surface area contributed by atoms with Crippen LogP contribution in [0.5, 0.6) is 5.75 Å². The third-order valence-electron chi connectivity index (χ3n) is 4.31. The molecule has 1 unspecified atom stereocenters. The quantitative estimate of drug-likeness (QED) is 0.880. The third kappa shape index (κ3) is 3.19. The number of phenolic OH excluding ortho intramolecular Hbond substituents is 1. The van der Waals surface area contributed by atoms with Crippen LogP contribution in [0, 0.1) is 5.92 Å². The summed E-state index contributed by atoms with van der Waals surface area (Å²) in [5.74, 6) is -0.408. The lowest BCUT2D eigenvalue weighted by atomic mass is 10.1. The van der Waals surface area contributed by atoms with E-state index in [0.717, 1.165) is 5.39 Å². The molecule has 1 aliphatic heterocycles. The minimum Gasteiger partial charge on any atom is -0.507 e. The Labute approximate surface area is 140 Å². The molecule has 126 valence electrons. The summed E-state index contributed by atoms with van der Waals surface area (Å²) >= 11 is 0. The number of carbonyl (C=O) groups excluding carboxylic acids is 2. The molecule has 0 radical (unpaired) electrons. The second-order valence-electron chi connectivity index (χ2n) is 5.90. The Morgan fingerprint density at radius 1 is 1.29 bits per heavy atom. The van der Waals surface area contributed by atoms with E-state index in [1.165, 1.54) is 0 Å². The highest BCUT2D eigenvalue weighted by molar-refractivity contribution is 6.05. The van der Waals surface area contributed by atoms with Crippen LogP contribution in [-0.4, -0.2) is 48.6 Å². The first-order chi connectivity index (χ1) is 11.6. The van der Waals surface area contributed by atoms with Gasteiger partial charge in [-0.25, -0.2) is 0 Å². The van der Waals surface area contributed by atoms with Gasteiger partial charge in [-0.05, 0) is 12.1 Å². The summed E-state index contributed by atoms with van der Waals surface area (Å²) in [7, 11) is 1.58. The Hall–Kier alpha value is -2.60. The van der Waals surface area contributed by atoms with Crippen LogP contribution < -0.4 is 5.32 Å². The molecule has 1 fully saturated rings. The van der Waals surface area contributed by atoms with Crippen LogP contribution >= 0.6 is 0 Å². The molecule has 24 heavy (non-hydrogen) atoms. The molecular weight excluding hydrogens is 308 g/mol. The van der Waals surface area contributed by atoms with Crippen LogP contribution in [0.4, 0.5) is 5.69 Å². The van der Waals surface area contributed by atoms with E-state index >= 15 is 0 Å². The van der Waals surface area contributed by atoms with Gasteiger partial charge in [0, 0.05) is 43.1 Å². The number of anilines is 1. The van der Waals surface area contributed by atoms with Gasteiger partial charge in [-0.1, -0.05) is 24.3 Å². The van der Waals surface area contributed by atoms with E-state index in [1.807, 2.05) is 6.07 Å². The van der Waals surface area contributed by atoms with Gasteiger partial charge in [-0.15, -0.1) is 0 Å². The molecule has 0 saturated carbocycles. The number of nitrogens with zero attached hydrogens (tertiary/aromatic N) is 1. The minimum atomic E-state index is -0.373. The van der Waals surface area contributed by atoms with Crippen molar-refractivity contribution >= 4 is 28.3 Å². The van der Waals surface area contributed by atoms with Crippen molar-refractivity contribution in [3.63, 3.8) is 0 Å². The van der Waals surface area contributed by atoms with Crippen LogP contribution in [0.1, 0.15) is 6.42 Å². The number of aromatic hydroxyl groups is 1. The normalized spacial score (nSPS) is 17.5. The number of nitrogens with one attached hydrogen (secondary N) is 1. The van der Waals surface area contributed by atoms with E-state index < -0.39 is 0 Å². The Balaban J connectivity index is 1.74. The lowest BCUT2D eigenvalue weighted by molar-refractivity contribution is -0.128. The van der Waals surface area contributed by atoms with E-state index in [4.69, 9.17) is 4.74 Å². The molecule has 2 aromatic carbocycles. The van der Waals surface area contributed by atoms with Gasteiger partial charge in [0.2, 0.25) is 11.8 Å². The highest BCUT2D eigenvalue weighted by atomic mass is 16.5. The third-order valence-corrected chi connectivity index (χ3v) is 4.31. The number of methoxy groups -OCH3 is 1. The molecule has 1 atom stereocenters. The van der Waals surface area contributed by atoms with Gasteiger partial charge < -0.3 is 20.1 Å². The zero-order valence-electron chi connectivity index (χ0n) is 13.5. The first-order valence-electron chi connectivity index (χ1n) is 7.88. The number of likely N-dealkylation sites (tertiary alicyclic amines) is 1. The molecular formula is C18H20N2O4. The van der Waals surface area contributed by atoms with Crippen molar-refractivity contribution in [3.05, 3.63) is 36.4 Å². The topological polar surface area (TPSA) is 78.9 Å². The van der Waals surface area contributed by atoms with Gasteiger partial charge in [-0.2, -0.15) is 0 Å². The maximum Gasteiger partial charge on any atom is 0.229 e. The van der Waals surface area contributed by atoms with Crippen LogP contribution in [-0.2, 0) is 14.3 Å². The monoisotopic (exact) mass is 328 g/mol. The lowest BCUT2D eigenvalue weighted by Crippen LogP contribution is -2.30. The van der Waals surface area contributed by atoms with E-state index in [1.54, 1.807) is 42.3 Å². The van der Waals surface area contributed by atoms with E-state index in [-0.39, 0.29) is 29.9 Å². The van der Waals surface area contributed by atoms with E-state index in [2.05, 4.69) is 5.32 Å². The molecule has 1 saturated heterocycles. The zero-order valence-corrected chi connectivity index (χ0v) is 13.5. The largest absolute Gasteiger partial charge is 0.507 e. The number of fused-ring (bicyclic) bond motifs is 1. The highest BCUT2D eigenvalue weighted by Gasteiger charge is 2.34. The van der Waals surface area contributed by atoms with Crippen molar-refractivity contribution in [2.45, 2.75) is 6.42 Å². The summed E-state index contributed by atoms with van der Waals surface area (Å²) in [6, 6.07) is 10.6. The molecule has 0 aliphatic carbocycles. The molecule has 6 nitrogen and oxygen atoms in total. The number of carbonyl (C=O) groups is 2. The van der Waals surface area contributed by atoms with Crippen LogP contribution in [0.2, 0.25) is 0 Å². The summed E-state index contributed by atoms with van der Waals surface area (Å²) in [5.41, 5.74) is 0.635. The van der Waals surface area contributed by atoms with Crippen molar-refractivity contribution in [2.75, 3.05) is 32.1 Å². The Bertz CT molecular complexity index is 775. The summed E-state index contributed by atoms with van der Waals surface area (Å²) < 4.78 is 4.98. The number of hydrogen-bond acceptors (Lipinski definition) is 4. The summed E-state index contributed by atoms with van der Waals surface area (Å²) in [6.07, 6.45) is 0.214. The fraction of sp³-hybridized carbons (Fsp3) is 0.333. The number of benzene rings is 2. The number of ether oxygens (including phenoxy) is 1. The second kappa shape index (κ2) is 6.88. The minimum absolute atomic E-state index is 0.0252. The molecule has 0 spiro atoms. The second-order valence-corrected chi connectivity index (χ2v) is 5.90. The van der Waals surface area contributed by atoms with Crippen molar-refractivity contribution in [3.8, 4) is 5.75 Å². The van der Waals surface area contributed by atoms with Crippen LogP contribution in [0.3, 0.4) is 0 Å². The molecule has 3 rings (SSSR count). The molecule has 1 heterocycles. The molecule has 0 aromatic heterocycles. The van der Waals surface area contributed by atoms with Gasteiger partial charge in [-0.3, -0.25) is 9.59 Å². The van der Waals surface area contributed by atoms with Crippen LogP contribution in [0.15, 0.2) is 36.4 Å². The molecule has 2 amide bonds. The average Bonchev–Trinajstić information content (AvgIpc) is 2.95. The van der Waals surface area contributed by atoms with Gasteiger partial charge in [0.05, 0.1) is 12.5 Å². The molecule has 6 heteroatoms. The number of amides is 2. The van der Waals surface area contributed by atoms with Gasteiger partial charge in [0.1, 0.15) is 5.75 Å². The van der Waals surface area contributed by atoms with Crippen molar-refractivity contribution < 1.29 is 19.4 Å². The molecule has 0 bridgehead atoms. The predicted octanol–water partition coefficient (Wildman–Crippen LogP) is 1.98. The summed E-state index contributed by atoms with van der Waals surface area (Å²) in [5, 5.41) is 14.3. The summed E-state index contributed by atoms with van der Waals surface area (Å²) in [6.45, 7) is 1.37. The van der Waals surface area contributed by atoms with Gasteiger partial charge >= 0.3 is 0 Å². The number of phenols is 1. The SMILES string of the molecule is COCCN1CC(C(=O)Nc2cccc3c(O)cccc23)CC1=O. The summed E-state index contributed by atoms with van der Waals surface area (Å²) in [4.78, 5) is 26.1. The first-order valence-corrected chi connectivity index (χ1v) is 7.88. The maximum absolute atomic E-state index is 12.5. The van der Waals surface area contributed by atoms with Crippen molar-refractivity contribution in [1.29, 1.82) is 0 Å². The Morgan fingerprint density at radius 3 is 2.83 bits per heavy atom. The zero-order chi connectivity index (χ0) is 17.1. The Kier molecular flexibility index (Phi) is 4.66. The van der Waals surface area contributed by atoms with E-state index in [0.29, 0.717) is 30.8 Å². The van der Waals surface area contributed by atoms with Crippen LogP contribution in [0.25, 0.3) is 10.8 Å². The fourth-order valence-corrected chi connectivity index (χ4v) is 3.00. The standard InChI is InChI=1S/C18H20N2O4/c1-24-9-8-20-11-12(10-17(20)22)18(23)19-15-6-2-5-14-13(15)4-3-7-16(14)21/h2-7,12,21H,8-11H2,1H3,(H,19,23).